The summed E-state index contributed by atoms with van der Waals surface area (Å²) in [6, 6.07) is 15.1. The van der Waals surface area contributed by atoms with E-state index in [1.54, 1.807) is 4.68 Å². The van der Waals surface area contributed by atoms with Gasteiger partial charge in [-0.2, -0.15) is 0 Å². The fraction of sp³-hybridized carbons (Fsp3) is 0.211. The molecule has 2 aromatic rings. The normalized spacial score (nSPS) is 19.3. The topological polar surface area (TPSA) is 32.3 Å². The van der Waals surface area contributed by atoms with E-state index in [9.17, 15) is 0 Å². The zero-order valence-corrected chi connectivity index (χ0v) is 13.2. The second-order valence-electron chi connectivity index (χ2n) is 6.17. The van der Waals surface area contributed by atoms with Gasteiger partial charge in [0.1, 0.15) is 11.6 Å². The number of hydrogen-bond donors (Lipinski definition) is 1. The highest BCUT2D eigenvalue weighted by atomic mass is 15.3. The lowest BCUT2D eigenvalue weighted by atomic mass is 9.96. The molecule has 4 rings (SSSR count). The maximum absolute atomic E-state index is 6.14. The van der Waals surface area contributed by atoms with Crippen LogP contribution < -0.4 is 10.7 Å². The Labute approximate surface area is 131 Å². The highest BCUT2D eigenvalue weighted by molar-refractivity contribution is 5.98. The van der Waals surface area contributed by atoms with Crippen molar-refractivity contribution in [2.24, 2.45) is 5.84 Å². The van der Waals surface area contributed by atoms with Gasteiger partial charge in [0.2, 0.25) is 6.20 Å². The molecule has 0 radical (unpaired) electrons. The van der Waals surface area contributed by atoms with Crippen molar-refractivity contribution in [1.29, 1.82) is 0 Å². The highest BCUT2D eigenvalue weighted by Crippen LogP contribution is 2.50. The van der Waals surface area contributed by atoms with Gasteiger partial charge in [0.25, 0.3) is 0 Å². The molecule has 2 heterocycles. The van der Waals surface area contributed by atoms with E-state index in [0.717, 1.165) is 0 Å². The van der Waals surface area contributed by atoms with Gasteiger partial charge in [-0.3, -0.25) is 0 Å². The smallest absolute Gasteiger partial charge is 0.220 e. The van der Waals surface area contributed by atoms with Crippen molar-refractivity contribution in [2.45, 2.75) is 26.7 Å². The average Bonchev–Trinajstić information content (AvgIpc) is 2.95. The summed E-state index contributed by atoms with van der Waals surface area (Å²) in [7, 11) is 0. The maximum atomic E-state index is 6.14. The van der Waals surface area contributed by atoms with Crippen molar-refractivity contribution in [3.8, 4) is 0 Å². The first kappa shape index (κ1) is 13.1. The van der Waals surface area contributed by atoms with Crippen LogP contribution in [0.25, 0.3) is 0 Å². The van der Waals surface area contributed by atoms with Crippen molar-refractivity contribution < 1.29 is 4.68 Å². The summed E-state index contributed by atoms with van der Waals surface area (Å²) in [6.45, 7) is 6.45. The van der Waals surface area contributed by atoms with Gasteiger partial charge in [0.05, 0.1) is 11.4 Å². The summed E-state index contributed by atoms with van der Waals surface area (Å²) in [5, 5.41) is 0. The van der Waals surface area contributed by atoms with Gasteiger partial charge in [-0.25, -0.2) is 5.84 Å². The number of hydrazone groups is 1. The van der Waals surface area contributed by atoms with Gasteiger partial charge in [0, 0.05) is 6.92 Å². The third-order valence-electron chi connectivity index (χ3n) is 4.80. The largest absolute Gasteiger partial charge is 0.307 e. The van der Waals surface area contributed by atoms with Crippen molar-refractivity contribution in [3.05, 3.63) is 71.1 Å². The lowest BCUT2D eigenvalue weighted by molar-refractivity contribution is -0.467. The van der Waals surface area contributed by atoms with E-state index in [1.165, 1.54) is 39.5 Å². The number of allylic oxidation sites excluding steroid dienone is 1. The number of fused-ring (bicyclic) bond motifs is 3. The summed E-state index contributed by atoms with van der Waals surface area (Å²) >= 11 is 0. The fourth-order valence-electron chi connectivity index (χ4n) is 3.74. The minimum Gasteiger partial charge on any atom is -0.307 e. The Hall–Kier alpha value is -2.55. The van der Waals surface area contributed by atoms with E-state index >= 15 is 0 Å². The number of rotatable bonds is 1. The Morgan fingerprint density at radius 1 is 0.955 bits per heavy atom. The molecular weight excluding hydrogens is 270 g/mol. The molecule has 3 heteroatoms. The maximum Gasteiger partial charge on any atom is 0.220 e. The van der Waals surface area contributed by atoms with E-state index in [-0.39, 0.29) is 5.92 Å². The highest BCUT2D eigenvalue weighted by Gasteiger charge is 2.45. The van der Waals surface area contributed by atoms with Gasteiger partial charge in [-0.1, -0.05) is 41.1 Å². The summed E-state index contributed by atoms with van der Waals surface area (Å²) in [4.78, 5) is 2.38. The van der Waals surface area contributed by atoms with Crippen molar-refractivity contribution in [3.63, 3.8) is 0 Å². The third-order valence-corrected chi connectivity index (χ3v) is 4.80. The number of nitrogens with two attached hydrogens (primary N) is 1. The van der Waals surface area contributed by atoms with E-state index in [1.807, 2.05) is 0 Å². The molecular formula is C19H20N3+. The lowest BCUT2D eigenvalue weighted by Gasteiger charge is -2.24. The summed E-state index contributed by atoms with van der Waals surface area (Å²) in [6.07, 6.45) is 2.06. The monoisotopic (exact) mass is 290 g/mol. The predicted molar refractivity (Wildman–Crippen MR) is 90.4 cm³/mol. The molecule has 2 aromatic carbocycles. The van der Waals surface area contributed by atoms with Crippen LogP contribution >= 0.6 is 0 Å². The molecule has 0 bridgehead atoms. The first-order chi connectivity index (χ1) is 10.6. The number of nitrogens with zero attached hydrogens (tertiary/aromatic N) is 2. The molecule has 22 heavy (non-hydrogen) atoms. The van der Waals surface area contributed by atoms with Gasteiger partial charge >= 0.3 is 0 Å². The van der Waals surface area contributed by atoms with E-state index in [0.29, 0.717) is 0 Å². The van der Waals surface area contributed by atoms with E-state index in [2.05, 4.69) is 74.3 Å². The predicted octanol–water partition coefficient (Wildman–Crippen LogP) is 3.74. The molecule has 2 aliphatic heterocycles. The molecule has 1 unspecified atom stereocenters. The molecule has 0 amide bonds. The van der Waals surface area contributed by atoms with Crippen LogP contribution in [-0.2, 0) is 0 Å². The Balaban J connectivity index is 2.00. The number of hydrogen-bond acceptors (Lipinski definition) is 2. The first-order valence-corrected chi connectivity index (χ1v) is 7.64. The van der Waals surface area contributed by atoms with E-state index < -0.39 is 0 Å². The van der Waals surface area contributed by atoms with Gasteiger partial charge in [0.15, 0.2) is 5.71 Å². The van der Waals surface area contributed by atoms with Crippen molar-refractivity contribution in [1.82, 2.24) is 0 Å². The Bertz CT molecular complexity index is 825. The summed E-state index contributed by atoms with van der Waals surface area (Å²) < 4.78 is 1.76. The standard InChI is InChI=1S/C19H20N3/c1-12-7-6-8-13(2)19(12)22-16-10-5-4-9-15(16)18-14(3)21(20)11-17(18)22/h4-11,18H,20H2,1-3H3/q+1. The van der Waals surface area contributed by atoms with Gasteiger partial charge in [-0.15, -0.1) is 0 Å². The fourth-order valence-corrected chi connectivity index (χ4v) is 3.74. The number of aryl methyl sites for hydroxylation is 2. The Morgan fingerprint density at radius 3 is 2.36 bits per heavy atom. The van der Waals surface area contributed by atoms with Crippen LogP contribution in [0, 0.1) is 13.8 Å². The molecule has 0 spiro atoms. The molecule has 2 aliphatic rings. The summed E-state index contributed by atoms with van der Waals surface area (Å²) in [5.41, 5.74) is 8.86. The van der Waals surface area contributed by atoms with Crippen LogP contribution in [0.1, 0.15) is 29.5 Å². The Morgan fingerprint density at radius 2 is 1.64 bits per heavy atom. The molecule has 0 fully saturated rings. The van der Waals surface area contributed by atoms with Crippen LogP contribution in [-0.4, -0.2) is 10.4 Å². The second kappa shape index (κ2) is 4.47. The van der Waals surface area contributed by atoms with Crippen LogP contribution in [0.3, 0.4) is 0 Å². The molecule has 1 atom stereocenters. The minimum atomic E-state index is 0.264. The van der Waals surface area contributed by atoms with Crippen LogP contribution in [0.5, 0.6) is 0 Å². The molecule has 110 valence electrons. The summed E-state index contributed by atoms with van der Waals surface area (Å²) in [5.74, 6) is 6.40. The zero-order chi connectivity index (χ0) is 15.4. The molecule has 2 N–H and O–H groups in total. The molecule has 3 nitrogen and oxygen atoms in total. The number of hydrazine groups is 1. The molecule has 0 aromatic heterocycles. The SMILES string of the molecule is CC1=[N+](N)C=C2C1c1ccccc1N2c1c(C)cccc1C. The third kappa shape index (κ3) is 1.59. The van der Waals surface area contributed by atoms with Crippen LogP contribution in [0.4, 0.5) is 11.4 Å². The van der Waals surface area contributed by atoms with Crippen LogP contribution in [0.15, 0.2) is 54.4 Å². The average molecular weight is 290 g/mol. The van der Waals surface area contributed by atoms with Crippen LogP contribution in [0.2, 0.25) is 0 Å². The number of anilines is 2. The quantitative estimate of drug-likeness (QED) is 0.641. The molecule has 0 saturated carbocycles. The zero-order valence-electron chi connectivity index (χ0n) is 13.2. The lowest BCUT2D eigenvalue weighted by Crippen LogP contribution is -2.19. The minimum absolute atomic E-state index is 0.264. The van der Waals surface area contributed by atoms with Gasteiger partial charge in [-0.05, 0) is 36.6 Å². The first-order valence-electron chi connectivity index (χ1n) is 7.64. The van der Waals surface area contributed by atoms with Gasteiger partial charge < -0.3 is 4.90 Å². The van der Waals surface area contributed by atoms with Crippen molar-refractivity contribution >= 4 is 17.1 Å². The Kier molecular flexibility index (Phi) is 2.67. The second-order valence-corrected chi connectivity index (χ2v) is 6.17. The number of benzene rings is 2. The van der Waals surface area contributed by atoms with E-state index in [4.69, 9.17) is 5.84 Å². The number of para-hydroxylation sites is 2. The molecule has 0 aliphatic carbocycles. The van der Waals surface area contributed by atoms with Crippen molar-refractivity contribution in [2.75, 3.05) is 4.90 Å². The molecule has 0 saturated heterocycles.